The van der Waals surface area contributed by atoms with E-state index in [2.05, 4.69) is 4.72 Å². The van der Waals surface area contributed by atoms with E-state index in [1.54, 1.807) is 19.1 Å². The lowest BCUT2D eigenvalue weighted by atomic mass is 10.00. The first-order valence-corrected chi connectivity index (χ1v) is 8.57. The summed E-state index contributed by atoms with van der Waals surface area (Å²) in [6, 6.07) is 5.29. The van der Waals surface area contributed by atoms with Gasteiger partial charge in [-0.3, -0.25) is 0 Å². The molecular weight excluding hydrogens is 292 g/mol. The lowest BCUT2D eigenvalue weighted by Crippen LogP contribution is -2.54. The van der Waals surface area contributed by atoms with E-state index < -0.39 is 15.6 Å². The minimum atomic E-state index is -3.61. The zero-order chi connectivity index (χ0) is 15.0. The molecule has 6 heteroatoms. The Balaban J connectivity index is 2.38. The maximum atomic E-state index is 12.6. The summed E-state index contributed by atoms with van der Waals surface area (Å²) in [5, 5.41) is 0. The van der Waals surface area contributed by atoms with Gasteiger partial charge in [-0.25, -0.2) is 8.42 Å². The van der Waals surface area contributed by atoms with Gasteiger partial charge in [0.1, 0.15) is 0 Å². The number of sulfonamides is 1. The molecule has 0 spiro atoms. The van der Waals surface area contributed by atoms with Crippen molar-refractivity contribution >= 4 is 27.2 Å². The zero-order valence-electron chi connectivity index (χ0n) is 11.8. The van der Waals surface area contributed by atoms with Gasteiger partial charge in [-0.15, -0.1) is 0 Å². The van der Waals surface area contributed by atoms with Crippen molar-refractivity contribution in [2.75, 3.05) is 0 Å². The van der Waals surface area contributed by atoms with Crippen LogP contribution in [-0.4, -0.2) is 18.9 Å². The Kier molecular flexibility index (Phi) is 4.18. The molecule has 0 unspecified atom stereocenters. The van der Waals surface area contributed by atoms with Crippen molar-refractivity contribution in [2.45, 2.75) is 50.0 Å². The Morgan fingerprint density at radius 1 is 1.30 bits per heavy atom. The average Bonchev–Trinajstić information content (AvgIpc) is 2.77. The van der Waals surface area contributed by atoms with Gasteiger partial charge in [0, 0.05) is 0 Å². The van der Waals surface area contributed by atoms with Crippen LogP contribution in [-0.2, 0) is 10.0 Å². The van der Waals surface area contributed by atoms with Crippen molar-refractivity contribution in [2.24, 2.45) is 5.73 Å². The van der Waals surface area contributed by atoms with Gasteiger partial charge in [-0.1, -0.05) is 42.8 Å². The van der Waals surface area contributed by atoms with E-state index in [-0.39, 0.29) is 4.99 Å². The summed E-state index contributed by atoms with van der Waals surface area (Å²) < 4.78 is 28.0. The molecule has 1 aliphatic carbocycles. The van der Waals surface area contributed by atoms with E-state index in [0.717, 1.165) is 24.0 Å². The molecule has 1 fully saturated rings. The Hall–Kier alpha value is -0.980. The molecule has 110 valence electrons. The minimum Gasteiger partial charge on any atom is -0.392 e. The molecule has 0 saturated heterocycles. The number of nitrogens with two attached hydrogens (primary N) is 1. The number of hydrogen-bond acceptors (Lipinski definition) is 3. The van der Waals surface area contributed by atoms with Crippen molar-refractivity contribution in [1.82, 2.24) is 4.72 Å². The second kappa shape index (κ2) is 5.42. The Bertz CT molecular complexity index is 633. The Labute approximate surface area is 125 Å². The summed E-state index contributed by atoms with van der Waals surface area (Å²) in [5.41, 5.74) is 6.79. The monoisotopic (exact) mass is 312 g/mol. The van der Waals surface area contributed by atoms with Gasteiger partial charge in [0.2, 0.25) is 10.0 Å². The zero-order valence-corrected chi connectivity index (χ0v) is 13.4. The van der Waals surface area contributed by atoms with Crippen LogP contribution in [0.2, 0.25) is 0 Å². The molecule has 1 aliphatic rings. The first-order chi connectivity index (χ1) is 9.27. The normalized spacial score (nSPS) is 18.1. The molecule has 1 saturated carbocycles. The number of rotatable bonds is 4. The lowest BCUT2D eigenvalue weighted by molar-refractivity contribution is 0.502. The summed E-state index contributed by atoms with van der Waals surface area (Å²) in [7, 11) is -3.61. The number of benzene rings is 1. The first kappa shape index (κ1) is 15.4. The fourth-order valence-corrected chi connectivity index (χ4v) is 4.78. The number of thiocarbonyl (C=S) groups is 1. The topological polar surface area (TPSA) is 72.2 Å². The molecule has 3 N–H and O–H groups in total. The van der Waals surface area contributed by atoms with E-state index in [9.17, 15) is 8.42 Å². The molecular formula is C14H20N2O2S2. The number of aryl methyl sites for hydroxylation is 2. The van der Waals surface area contributed by atoms with E-state index >= 15 is 0 Å². The highest BCUT2D eigenvalue weighted by molar-refractivity contribution is 7.89. The molecule has 0 aromatic heterocycles. The molecule has 0 atom stereocenters. The third-order valence-electron chi connectivity index (χ3n) is 3.88. The highest BCUT2D eigenvalue weighted by Gasteiger charge is 2.40. The van der Waals surface area contributed by atoms with Crippen LogP contribution in [0.3, 0.4) is 0 Å². The van der Waals surface area contributed by atoms with Crippen molar-refractivity contribution in [1.29, 1.82) is 0 Å². The molecule has 0 bridgehead atoms. The average molecular weight is 312 g/mol. The van der Waals surface area contributed by atoms with E-state index in [1.165, 1.54) is 0 Å². The van der Waals surface area contributed by atoms with Crippen LogP contribution in [0.25, 0.3) is 0 Å². The number of hydrogen-bond donors (Lipinski definition) is 2. The van der Waals surface area contributed by atoms with Gasteiger partial charge in [0.15, 0.2) is 0 Å². The molecule has 0 amide bonds. The molecule has 1 aromatic carbocycles. The molecule has 2 rings (SSSR count). The summed E-state index contributed by atoms with van der Waals surface area (Å²) in [6.07, 6.45) is 3.22. The quantitative estimate of drug-likeness (QED) is 0.836. The van der Waals surface area contributed by atoms with Crippen LogP contribution in [0.5, 0.6) is 0 Å². The maximum absolute atomic E-state index is 12.6. The largest absolute Gasteiger partial charge is 0.392 e. The maximum Gasteiger partial charge on any atom is 0.241 e. The van der Waals surface area contributed by atoms with Crippen LogP contribution in [0, 0.1) is 13.8 Å². The lowest BCUT2D eigenvalue weighted by Gasteiger charge is -2.29. The van der Waals surface area contributed by atoms with Gasteiger partial charge in [-0.2, -0.15) is 4.72 Å². The van der Waals surface area contributed by atoms with Crippen molar-refractivity contribution in [3.63, 3.8) is 0 Å². The molecule has 4 nitrogen and oxygen atoms in total. The van der Waals surface area contributed by atoms with Crippen LogP contribution in [0.15, 0.2) is 23.1 Å². The van der Waals surface area contributed by atoms with Crippen molar-refractivity contribution in [3.8, 4) is 0 Å². The van der Waals surface area contributed by atoms with Crippen molar-refractivity contribution in [3.05, 3.63) is 29.3 Å². The smallest absolute Gasteiger partial charge is 0.241 e. The molecule has 0 heterocycles. The first-order valence-electron chi connectivity index (χ1n) is 6.68. The van der Waals surface area contributed by atoms with Gasteiger partial charge >= 0.3 is 0 Å². The van der Waals surface area contributed by atoms with Crippen LogP contribution < -0.4 is 10.5 Å². The summed E-state index contributed by atoms with van der Waals surface area (Å²) >= 11 is 5.09. The number of nitrogens with one attached hydrogen (secondary N) is 1. The van der Waals surface area contributed by atoms with E-state index in [4.69, 9.17) is 18.0 Å². The highest BCUT2D eigenvalue weighted by atomic mass is 32.2. The Morgan fingerprint density at radius 2 is 1.90 bits per heavy atom. The van der Waals surface area contributed by atoms with Gasteiger partial charge < -0.3 is 5.73 Å². The van der Waals surface area contributed by atoms with Gasteiger partial charge in [0.05, 0.1) is 15.4 Å². The van der Waals surface area contributed by atoms with Crippen LogP contribution in [0.1, 0.15) is 36.8 Å². The third kappa shape index (κ3) is 2.87. The molecule has 0 aliphatic heterocycles. The SMILES string of the molecule is Cc1ccc(S(=O)(=O)NC2(C(N)=S)CCCC2)c(C)c1. The molecule has 20 heavy (non-hydrogen) atoms. The molecule has 0 radical (unpaired) electrons. The predicted octanol–water partition coefficient (Wildman–Crippen LogP) is 2.18. The fraction of sp³-hybridized carbons (Fsp3) is 0.500. The summed E-state index contributed by atoms with van der Waals surface area (Å²) in [4.78, 5) is 0.536. The van der Waals surface area contributed by atoms with Gasteiger partial charge in [-0.05, 0) is 38.3 Å². The standard InChI is InChI=1S/C14H20N2O2S2/c1-10-5-6-12(11(2)9-10)20(17,18)16-14(13(15)19)7-3-4-8-14/h5-6,9,16H,3-4,7-8H2,1-2H3,(H2,15,19). The second-order valence-electron chi connectivity index (χ2n) is 5.53. The predicted molar refractivity (Wildman–Crippen MR) is 84.2 cm³/mol. The van der Waals surface area contributed by atoms with E-state index in [0.29, 0.717) is 17.7 Å². The van der Waals surface area contributed by atoms with Crippen LogP contribution >= 0.6 is 12.2 Å². The van der Waals surface area contributed by atoms with Gasteiger partial charge in [0.25, 0.3) is 0 Å². The van der Waals surface area contributed by atoms with E-state index in [1.807, 2.05) is 13.0 Å². The Morgan fingerprint density at radius 3 is 2.40 bits per heavy atom. The summed E-state index contributed by atoms with van der Waals surface area (Å²) in [6.45, 7) is 3.73. The van der Waals surface area contributed by atoms with Crippen molar-refractivity contribution < 1.29 is 8.42 Å². The summed E-state index contributed by atoms with van der Waals surface area (Å²) in [5.74, 6) is 0. The fourth-order valence-electron chi connectivity index (χ4n) is 2.79. The highest BCUT2D eigenvalue weighted by Crippen LogP contribution is 2.32. The minimum absolute atomic E-state index is 0.239. The second-order valence-corrected chi connectivity index (χ2v) is 7.62. The molecule has 1 aromatic rings. The third-order valence-corrected chi connectivity index (χ3v) is 5.97. The van der Waals surface area contributed by atoms with Crippen LogP contribution in [0.4, 0.5) is 0 Å².